The molecule has 0 aromatic carbocycles. The molecule has 0 aliphatic heterocycles. The van der Waals surface area contributed by atoms with Gasteiger partial charge in [-0.05, 0) is 25.8 Å². The lowest BCUT2D eigenvalue weighted by Crippen LogP contribution is -2.08. The third kappa shape index (κ3) is 2.34. The van der Waals surface area contributed by atoms with E-state index in [1.807, 2.05) is 24.7 Å². The Morgan fingerprint density at radius 3 is 2.89 bits per heavy atom. The molecule has 1 aliphatic carbocycles. The number of aromatic nitrogens is 4. The summed E-state index contributed by atoms with van der Waals surface area (Å²) in [5.41, 5.74) is 2.31. The van der Waals surface area contributed by atoms with Crippen molar-refractivity contribution >= 4 is 5.82 Å². The van der Waals surface area contributed by atoms with Gasteiger partial charge in [-0.1, -0.05) is 0 Å². The van der Waals surface area contributed by atoms with Gasteiger partial charge in [0.15, 0.2) is 0 Å². The van der Waals surface area contributed by atoms with E-state index in [9.17, 15) is 0 Å². The smallest absolute Gasteiger partial charge is 0.130 e. The molecule has 3 rings (SSSR count). The van der Waals surface area contributed by atoms with Crippen LogP contribution in [0.15, 0.2) is 18.3 Å². The maximum absolute atomic E-state index is 4.49. The van der Waals surface area contributed by atoms with E-state index >= 15 is 0 Å². The molecule has 1 N–H and O–H groups in total. The van der Waals surface area contributed by atoms with Crippen LogP contribution in [-0.4, -0.2) is 19.7 Å². The zero-order valence-corrected chi connectivity index (χ0v) is 10.7. The summed E-state index contributed by atoms with van der Waals surface area (Å²) in [6, 6.07) is 4.07. The van der Waals surface area contributed by atoms with Crippen LogP contribution in [0.1, 0.15) is 36.0 Å². The molecule has 2 aromatic rings. The van der Waals surface area contributed by atoms with Gasteiger partial charge in [0.2, 0.25) is 0 Å². The summed E-state index contributed by atoms with van der Waals surface area (Å²) in [5, 5.41) is 7.49. The Labute approximate surface area is 106 Å². The Bertz CT molecular complexity index is 556. The van der Waals surface area contributed by atoms with Crippen LogP contribution in [0.2, 0.25) is 0 Å². The fourth-order valence-corrected chi connectivity index (χ4v) is 2.03. The van der Waals surface area contributed by atoms with Crippen LogP contribution in [0.5, 0.6) is 0 Å². The molecule has 18 heavy (non-hydrogen) atoms. The van der Waals surface area contributed by atoms with E-state index in [1.54, 1.807) is 6.20 Å². The molecular formula is C13H17N5. The second-order valence-electron chi connectivity index (χ2n) is 4.80. The highest BCUT2D eigenvalue weighted by atomic mass is 15.3. The van der Waals surface area contributed by atoms with Crippen LogP contribution >= 0.6 is 0 Å². The lowest BCUT2D eigenvalue weighted by molar-refractivity contribution is 0.719. The number of aryl methyl sites for hydroxylation is 2. The zero-order valence-electron chi connectivity index (χ0n) is 10.7. The Morgan fingerprint density at radius 2 is 2.22 bits per heavy atom. The van der Waals surface area contributed by atoms with Crippen molar-refractivity contribution in [3.63, 3.8) is 0 Å². The molecule has 5 nitrogen and oxygen atoms in total. The minimum Gasteiger partial charge on any atom is -0.364 e. The first-order valence-electron chi connectivity index (χ1n) is 6.29. The molecule has 0 amide bonds. The highest BCUT2D eigenvalue weighted by Crippen LogP contribution is 2.39. The van der Waals surface area contributed by atoms with Crippen molar-refractivity contribution in [2.75, 3.05) is 5.32 Å². The van der Waals surface area contributed by atoms with Crippen molar-refractivity contribution in [3.05, 3.63) is 35.5 Å². The van der Waals surface area contributed by atoms with Crippen LogP contribution in [0.3, 0.4) is 0 Å². The van der Waals surface area contributed by atoms with Gasteiger partial charge in [-0.3, -0.25) is 4.68 Å². The molecule has 2 aromatic heterocycles. The number of hydrogen-bond donors (Lipinski definition) is 1. The molecule has 1 saturated carbocycles. The first kappa shape index (κ1) is 11.2. The second kappa shape index (κ2) is 4.40. The largest absolute Gasteiger partial charge is 0.364 e. The van der Waals surface area contributed by atoms with E-state index in [-0.39, 0.29) is 0 Å². The number of nitrogens with zero attached hydrogens (tertiary/aromatic N) is 4. The predicted molar refractivity (Wildman–Crippen MR) is 69.3 cm³/mol. The molecule has 0 unspecified atom stereocenters. The molecule has 94 valence electrons. The number of anilines is 1. The molecule has 1 aliphatic rings. The van der Waals surface area contributed by atoms with Crippen LogP contribution in [-0.2, 0) is 13.6 Å². The second-order valence-corrected chi connectivity index (χ2v) is 4.80. The summed E-state index contributed by atoms with van der Waals surface area (Å²) < 4.78 is 1.86. The van der Waals surface area contributed by atoms with E-state index in [1.165, 1.54) is 18.5 Å². The fraction of sp³-hybridized carbons (Fsp3) is 0.462. The van der Waals surface area contributed by atoms with Crippen molar-refractivity contribution in [3.8, 4) is 0 Å². The summed E-state index contributed by atoms with van der Waals surface area (Å²) >= 11 is 0. The van der Waals surface area contributed by atoms with Crippen LogP contribution in [0, 0.1) is 6.92 Å². The minimum atomic E-state index is 0.656. The van der Waals surface area contributed by atoms with Crippen LogP contribution in [0.25, 0.3) is 0 Å². The topological polar surface area (TPSA) is 55.6 Å². The molecule has 0 saturated heterocycles. The SMILES string of the molecule is Cc1nc(NCc2ccnn2C)cc(C2CC2)n1. The van der Waals surface area contributed by atoms with Crippen LogP contribution < -0.4 is 5.32 Å². The van der Waals surface area contributed by atoms with Gasteiger partial charge in [0.1, 0.15) is 11.6 Å². The Kier molecular flexibility index (Phi) is 2.74. The van der Waals surface area contributed by atoms with Gasteiger partial charge in [-0.25, -0.2) is 9.97 Å². The Balaban J connectivity index is 1.74. The minimum absolute atomic E-state index is 0.656. The van der Waals surface area contributed by atoms with Crippen molar-refractivity contribution in [1.82, 2.24) is 19.7 Å². The quantitative estimate of drug-likeness (QED) is 0.892. The Hall–Kier alpha value is -1.91. The number of hydrogen-bond acceptors (Lipinski definition) is 4. The van der Waals surface area contributed by atoms with Crippen molar-refractivity contribution < 1.29 is 0 Å². The highest BCUT2D eigenvalue weighted by Gasteiger charge is 2.25. The number of nitrogens with one attached hydrogen (secondary N) is 1. The molecule has 0 bridgehead atoms. The van der Waals surface area contributed by atoms with E-state index in [0.717, 1.165) is 23.9 Å². The first-order valence-corrected chi connectivity index (χ1v) is 6.29. The molecule has 0 spiro atoms. The molecule has 5 heteroatoms. The highest BCUT2D eigenvalue weighted by molar-refractivity contribution is 5.38. The summed E-state index contributed by atoms with van der Waals surface area (Å²) in [6.45, 7) is 2.68. The average Bonchev–Trinajstić information content (AvgIpc) is 3.11. The molecule has 0 atom stereocenters. The van der Waals surface area contributed by atoms with Gasteiger partial charge >= 0.3 is 0 Å². The summed E-state index contributed by atoms with van der Waals surface area (Å²) in [5.74, 6) is 2.40. The molecule has 1 fully saturated rings. The van der Waals surface area contributed by atoms with Crippen molar-refractivity contribution in [1.29, 1.82) is 0 Å². The van der Waals surface area contributed by atoms with Gasteiger partial charge in [0.05, 0.1) is 12.2 Å². The standard InChI is InChI=1S/C13H17N5/c1-9-16-12(10-3-4-10)7-13(17-9)14-8-11-5-6-15-18(11)2/h5-7,10H,3-4,8H2,1-2H3,(H,14,16,17). The first-order chi connectivity index (χ1) is 8.72. The lowest BCUT2D eigenvalue weighted by atomic mass is 10.2. The van der Waals surface area contributed by atoms with Crippen molar-refractivity contribution in [2.24, 2.45) is 7.05 Å². The lowest BCUT2D eigenvalue weighted by Gasteiger charge is -2.08. The third-order valence-electron chi connectivity index (χ3n) is 3.23. The summed E-state index contributed by atoms with van der Waals surface area (Å²) in [7, 11) is 1.94. The van der Waals surface area contributed by atoms with Crippen molar-refractivity contribution in [2.45, 2.75) is 32.2 Å². The monoisotopic (exact) mass is 243 g/mol. The van der Waals surface area contributed by atoms with Crippen LogP contribution in [0.4, 0.5) is 5.82 Å². The maximum Gasteiger partial charge on any atom is 0.130 e. The zero-order chi connectivity index (χ0) is 12.5. The van der Waals surface area contributed by atoms with Gasteiger partial charge in [0.25, 0.3) is 0 Å². The normalized spacial score (nSPS) is 14.8. The summed E-state index contributed by atoms with van der Waals surface area (Å²) in [6.07, 6.45) is 4.33. The predicted octanol–water partition coefficient (Wildman–Crippen LogP) is 2.01. The average molecular weight is 243 g/mol. The van der Waals surface area contributed by atoms with E-state index in [0.29, 0.717) is 5.92 Å². The molecule has 0 radical (unpaired) electrons. The van der Waals surface area contributed by atoms with Gasteiger partial charge < -0.3 is 5.32 Å². The molecular weight excluding hydrogens is 226 g/mol. The van der Waals surface area contributed by atoms with Gasteiger partial charge in [-0.2, -0.15) is 5.10 Å². The van der Waals surface area contributed by atoms with E-state index in [4.69, 9.17) is 0 Å². The van der Waals surface area contributed by atoms with E-state index in [2.05, 4.69) is 26.4 Å². The van der Waals surface area contributed by atoms with Gasteiger partial charge in [0, 0.05) is 30.9 Å². The van der Waals surface area contributed by atoms with Gasteiger partial charge in [-0.15, -0.1) is 0 Å². The number of rotatable bonds is 4. The van der Waals surface area contributed by atoms with E-state index < -0.39 is 0 Å². The molecule has 2 heterocycles. The summed E-state index contributed by atoms with van der Waals surface area (Å²) in [4.78, 5) is 8.91. The fourth-order valence-electron chi connectivity index (χ4n) is 2.03. The maximum atomic E-state index is 4.49. The third-order valence-corrected chi connectivity index (χ3v) is 3.23. The Morgan fingerprint density at radius 1 is 1.39 bits per heavy atom.